The molecule has 5 nitrogen and oxygen atoms in total. The number of benzene rings is 3. The predicted molar refractivity (Wildman–Crippen MR) is 111 cm³/mol. The van der Waals surface area contributed by atoms with Crippen LogP contribution in [0, 0.1) is 0 Å². The minimum absolute atomic E-state index is 0.386. The molecule has 0 radical (unpaired) electrons. The van der Waals surface area contributed by atoms with E-state index in [9.17, 15) is 9.00 Å². The number of nitrogens with one attached hydrogen (secondary N) is 1. The van der Waals surface area contributed by atoms with Crippen LogP contribution >= 0.6 is 11.8 Å². The van der Waals surface area contributed by atoms with Gasteiger partial charge in [0, 0.05) is 17.0 Å². The van der Waals surface area contributed by atoms with Crippen molar-refractivity contribution < 1.29 is 14.2 Å². The summed E-state index contributed by atoms with van der Waals surface area (Å²) in [7, 11) is -1.22. The second-order valence-corrected chi connectivity index (χ2v) is 8.59. The van der Waals surface area contributed by atoms with Gasteiger partial charge in [0.1, 0.15) is 0 Å². The SMILES string of the molecule is CSc1ccc2c(c1)N(Cc1ccc(C(=O)NO)cc1)c1ccccc1S2=O. The molecule has 1 aliphatic rings. The van der Waals surface area contributed by atoms with Crippen molar-refractivity contribution >= 4 is 39.8 Å². The maximum Gasteiger partial charge on any atom is 0.274 e. The molecule has 7 heteroatoms. The lowest BCUT2D eigenvalue weighted by molar-refractivity contribution is 0.0706. The summed E-state index contributed by atoms with van der Waals surface area (Å²) in [4.78, 5) is 16.4. The van der Waals surface area contributed by atoms with Crippen molar-refractivity contribution in [2.24, 2.45) is 0 Å². The van der Waals surface area contributed by atoms with E-state index in [2.05, 4.69) is 11.0 Å². The number of hydrogen-bond donors (Lipinski definition) is 2. The second kappa shape index (κ2) is 7.79. The number of para-hydroxylation sites is 1. The minimum Gasteiger partial charge on any atom is -0.335 e. The van der Waals surface area contributed by atoms with Gasteiger partial charge in [-0.3, -0.25) is 10.0 Å². The first-order chi connectivity index (χ1) is 13.6. The molecule has 1 atom stereocenters. The summed E-state index contributed by atoms with van der Waals surface area (Å²) >= 11 is 1.65. The van der Waals surface area contributed by atoms with Gasteiger partial charge in [-0.15, -0.1) is 11.8 Å². The molecule has 142 valence electrons. The fourth-order valence-electron chi connectivity index (χ4n) is 3.26. The van der Waals surface area contributed by atoms with Gasteiger partial charge in [0.2, 0.25) is 0 Å². The van der Waals surface area contributed by atoms with Gasteiger partial charge in [-0.2, -0.15) is 0 Å². The summed E-state index contributed by atoms with van der Waals surface area (Å²) in [5.41, 5.74) is 4.88. The van der Waals surface area contributed by atoms with E-state index in [1.54, 1.807) is 29.4 Å². The van der Waals surface area contributed by atoms with Crippen molar-refractivity contribution in [3.63, 3.8) is 0 Å². The van der Waals surface area contributed by atoms with Crippen LogP contribution in [-0.2, 0) is 17.3 Å². The van der Waals surface area contributed by atoms with Crippen LogP contribution in [0.5, 0.6) is 0 Å². The molecule has 4 rings (SSSR count). The molecule has 3 aromatic rings. The average molecular weight is 411 g/mol. The molecule has 3 aromatic carbocycles. The van der Waals surface area contributed by atoms with Crippen LogP contribution in [0.3, 0.4) is 0 Å². The highest BCUT2D eigenvalue weighted by atomic mass is 32.2. The fourth-order valence-corrected chi connectivity index (χ4v) is 5.05. The third-order valence-electron chi connectivity index (χ3n) is 4.67. The summed E-state index contributed by atoms with van der Waals surface area (Å²) in [6.07, 6.45) is 2.02. The molecule has 1 amide bonds. The third-order valence-corrected chi connectivity index (χ3v) is 6.89. The predicted octanol–water partition coefficient (Wildman–Crippen LogP) is 4.35. The Morgan fingerprint density at radius 2 is 1.75 bits per heavy atom. The number of fused-ring (bicyclic) bond motifs is 2. The lowest BCUT2D eigenvalue weighted by Gasteiger charge is -2.33. The number of rotatable bonds is 4. The number of carbonyl (C=O) groups excluding carboxylic acids is 1. The first-order valence-corrected chi connectivity index (χ1v) is 11.0. The Morgan fingerprint density at radius 1 is 1.04 bits per heavy atom. The maximum atomic E-state index is 13.1. The summed E-state index contributed by atoms with van der Waals surface area (Å²) in [6, 6.07) is 20.8. The Bertz CT molecular complexity index is 1070. The molecule has 0 saturated heterocycles. The lowest BCUT2D eigenvalue weighted by Crippen LogP contribution is -2.24. The molecule has 2 N–H and O–H groups in total. The zero-order valence-electron chi connectivity index (χ0n) is 15.1. The first kappa shape index (κ1) is 18.7. The maximum absolute atomic E-state index is 13.1. The molecule has 0 spiro atoms. The van der Waals surface area contributed by atoms with Crippen molar-refractivity contribution in [2.45, 2.75) is 21.2 Å². The van der Waals surface area contributed by atoms with E-state index in [4.69, 9.17) is 5.21 Å². The van der Waals surface area contributed by atoms with Gasteiger partial charge in [0.05, 0.1) is 32.0 Å². The fraction of sp³-hybridized carbons (Fsp3) is 0.0952. The molecule has 1 aliphatic heterocycles. The monoisotopic (exact) mass is 410 g/mol. The van der Waals surface area contributed by atoms with Crippen LogP contribution in [0.15, 0.2) is 81.4 Å². The summed E-state index contributed by atoms with van der Waals surface area (Å²) < 4.78 is 13.1. The van der Waals surface area contributed by atoms with Gasteiger partial charge in [0.25, 0.3) is 5.91 Å². The minimum atomic E-state index is -1.22. The molecular formula is C21H18N2O3S2. The van der Waals surface area contributed by atoms with E-state index >= 15 is 0 Å². The Kier molecular flexibility index (Phi) is 5.21. The van der Waals surface area contributed by atoms with Gasteiger partial charge in [-0.1, -0.05) is 24.3 Å². The van der Waals surface area contributed by atoms with Crippen molar-refractivity contribution in [3.05, 3.63) is 77.9 Å². The van der Waals surface area contributed by atoms with E-state index < -0.39 is 16.7 Å². The van der Waals surface area contributed by atoms with E-state index in [0.717, 1.165) is 31.6 Å². The molecule has 1 heterocycles. The van der Waals surface area contributed by atoms with Crippen LogP contribution in [0.1, 0.15) is 15.9 Å². The van der Waals surface area contributed by atoms with Crippen molar-refractivity contribution in [3.8, 4) is 0 Å². The largest absolute Gasteiger partial charge is 0.335 e. The standard InChI is InChI=1S/C21H18N2O3S2/c1-27-16-10-11-20-18(12-16)23(17-4-2-3-5-19(17)28(20)26)13-14-6-8-15(9-7-14)21(24)22-25/h2-12,25H,13H2,1H3,(H,22,24). The highest BCUT2D eigenvalue weighted by Crippen LogP contribution is 2.43. The van der Waals surface area contributed by atoms with Gasteiger partial charge < -0.3 is 4.90 Å². The molecule has 0 aliphatic carbocycles. The topological polar surface area (TPSA) is 69.6 Å². The highest BCUT2D eigenvalue weighted by Gasteiger charge is 2.28. The van der Waals surface area contributed by atoms with Gasteiger partial charge in [0.15, 0.2) is 0 Å². The number of nitrogens with zero attached hydrogens (tertiary/aromatic N) is 1. The lowest BCUT2D eigenvalue weighted by atomic mass is 10.1. The zero-order chi connectivity index (χ0) is 19.7. The average Bonchev–Trinajstić information content (AvgIpc) is 2.76. The third kappa shape index (κ3) is 3.32. The van der Waals surface area contributed by atoms with Crippen LogP contribution in [0.4, 0.5) is 11.4 Å². The number of hydrogen-bond acceptors (Lipinski definition) is 5. The van der Waals surface area contributed by atoms with Crippen molar-refractivity contribution in [2.75, 3.05) is 11.2 Å². The van der Waals surface area contributed by atoms with E-state index in [0.29, 0.717) is 12.1 Å². The molecule has 0 saturated carbocycles. The Balaban J connectivity index is 1.77. The zero-order valence-corrected chi connectivity index (χ0v) is 16.7. The quantitative estimate of drug-likeness (QED) is 0.380. The second-order valence-electron chi connectivity index (χ2n) is 6.29. The molecule has 1 unspecified atom stereocenters. The van der Waals surface area contributed by atoms with Crippen LogP contribution in [0.25, 0.3) is 0 Å². The van der Waals surface area contributed by atoms with E-state index in [1.807, 2.05) is 54.8 Å². The van der Waals surface area contributed by atoms with E-state index in [1.165, 1.54) is 0 Å². The Labute approximate surface area is 169 Å². The van der Waals surface area contributed by atoms with Crippen LogP contribution in [0.2, 0.25) is 0 Å². The number of hydroxylamine groups is 1. The summed E-state index contributed by atoms with van der Waals surface area (Å²) in [6.45, 7) is 0.570. The molecule has 0 fully saturated rings. The number of thioether (sulfide) groups is 1. The Morgan fingerprint density at radius 3 is 2.46 bits per heavy atom. The van der Waals surface area contributed by atoms with Crippen molar-refractivity contribution in [1.82, 2.24) is 5.48 Å². The Hall–Kier alpha value is -2.61. The number of anilines is 2. The summed E-state index contributed by atoms with van der Waals surface area (Å²) in [5.74, 6) is -0.541. The van der Waals surface area contributed by atoms with E-state index in [-0.39, 0.29) is 0 Å². The molecule has 28 heavy (non-hydrogen) atoms. The van der Waals surface area contributed by atoms with Crippen LogP contribution in [-0.4, -0.2) is 21.6 Å². The van der Waals surface area contributed by atoms with Gasteiger partial charge in [-0.05, 0) is 54.3 Å². The van der Waals surface area contributed by atoms with Gasteiger partial charge in [-0.25, -0.2) is 9.69 Å². The van der Waals surface area contributed by atoms with Crippen LogP contribution < -0.4 is 10.4 Å². The normalized spacial score (nSPS) is 14.9. The smallest absolute Gasteiger partial charge is 0.274 e. The molecule has 0 aromatic heterocycles. The van der Waals surface area contributed by atoms with Gasteiger partial charge >= 0.3 is 0 Å². The molecule has 0 bridgehead atoms. The number of carbonyl (C=O) groups is 1. The summed E-state index contributed by atoms with van der Waals surface area (Å²) in [5, 5.41) is 8.77. The highest BCUT2D eigenvalue weighted by molar-refractivity contribution is 7.98. The number of amides is 1. The first-order valence-electron chi connectivity index (χ1n) is 8.62. The van der Waals surface area contributed by atoms with Crippen molar-refractivity contribution in [1.29, 1.82) is 0 Å². The molecular weight excluding hydrogens is 392 g/mol.